The van der Waals surface area contributed by atoms with Gasteiger partial charge in [-0.1, -0.05) is 0 Å². The van der Waals surface area contributed by atoms with Crippen LogP contribution >= 0.6 is 0 Å². The van der Waals surface area contributed by atoms with Crippen molar-refractivity contribution >= 4 is 0 Å². The van der Waals surface area contributed by atoms with Gasteiger partial charge in [-0.2, -0.15) is 10.2 Å². The summed E-state index contributed by atoms with van der Waals surface area (Å²) in [5, 5.41) is 15.2. The highest BCUT2D eigenvalue weighted by Crippen LogP contribution is 2.24. The van der Waals surface area contributed by atoms with Gasteiger partial charge in [-0.05, 0) is 44.2 Å². The van der Waals surface area contributed by atoms with Crippen molar-refractivity contribution in [2.24, 2.45) is 0 Å². The van der Waals surface area contributed by atoms with Gasteiger partial charge in [0.2, 0.25) is 0 Å². The Morgan fingerprint density at radius 3 is 2.71 bits per heavy atom. The van der Waals surface area contributed by atoms with Crippen molar-refractivity contribution in [2.75, 3.05) is 7.11 Å². The molecule has 3 aromatic rings. The van der Waals surface area contributed by atoms with Crippen LogP contribution in [0.3, 0.4) is 0 Å². The lowest BCUT2D eigenvalue weighted by molar-refractivity contribution is 0.365. The van der Waals surface area contributed by atoms with Crippen LogP contribution in [0.25, 0.3) is 11.3 Å². The van der Waals surface area contributed by atoms with Gasteiger partial charge < -0.3 is 10.1 Å². The van der Waals surface area contributed by atoms with E-state index in [4.69, 9.17) is 4.74 Å². The molecule has 0 saturated heterocycles. The maximum atomic E-state index is 5.21. The van der Waals surface area contributed by atoms with Gasteiger partial charge in [-0.3, -0.25) is 9.78 Å². The predicted molar refractivity (Wildman–Crippen MR) is 93.8 cm³/mol. The first kappa shape index (κ1) is 16.3. The Labute approximate surface area is 141 Å². The summed E-state index contributed by atoms with van der Waals surface area (Å²) in [5.74, 6) is 0.847. The summed E-state index contributed by atoms with van der Waals surface area (Å²) in [5.41, 5.74) is 3.27. The number of aromatic nitrogens is 4. The summed E-state index contributed by atoms with van der Waals surface area (Å²) < 4.78 is 7.18. The first-order valence-corrected chi connectivity index (χ1v) is 8.08. The molecule has 0 bridgehead atoms. The number of benzene rings is 1. The molecule has 24 heavy (non-hydrogen) atoms. The van der Waals surface area contributed by atoms with Crippen molar-refractivity contribution < 1.29 is 4.74 Å². The Bertz CT molecular complexity index is 748. The van der Waals surface area contributed by atoms with Gasteiger partial charge in [-0.15, -0.1) is 0 Å². The van der Waals surface area contributed by atoms with Crippen LogP contribution in [-0.4, -0.2) is 33.1 Å². The van der Waals surface area contributed by atoms with E-state index in [1.54, 1.807) is 13.3 Å². The molecule has 0 saturated carbocycles. The highest BCUT2D eigenvalue weighted by atomic mass is 16.5. The molecule has 0 amide bonds. The number of nitrogens with zero attached hydrogens (tertiary/aromatic N) is 3. The number of H-pyrrole nitrogens is 1. The van der Waals surface area contributed by atoms with E-state index in [0.29, 0.717) is 0 Å². The molecular formula is C18H23N5O. The molecule has 2 atom stereocenters. The molecule has 1 aromatic carbocycles. The van der Waals surface area contributed by atoms with Gasteiger partial charge in [0.15, 0.2) is 0 Å². The van der Waals surface area contributed by atoms with Crippen LogP contribution in [0, 0.1) is 0 Å². The number of methoxy groups -OCH3 is 1. The van der Waals surface area contributed by atoms with Crippen molar-refractivity contribution in [2.45, 2.75) is 32.5 Å². The number of nitrogens with one attached hydrogen (secondary N) is 2. The van der Waals surface area contributed by atoms with Crippen molar-refractivity contribution in [3.63, 3.8) is 0 Å². The van der Waals surface area contributed by atoms with Crippen molar-refractivity contribution in [1.82, 2.24) is 25.3 Å². The first-order chi connectivity index (χ1) is 11.7. The van der Waals surface area contributed by atoms with Gasteiger partial charge in [0.25, 0.3) is 0 Å². The summed E-state index contributed by atoms with van der Waals surface area (Å²) in [7, 11) is 1.67. The maximum absolute atomic E-state index is 5.21. The third-order valence-electron chi connectivity index (χ3n) is 4.38. The minimum atomic E-state index is 0.274. The fraction of sp³-hybridized carbons (Fsp3) is 0.333. The number of hydrogen-bond acceptors (Lipinski definition) is 4. The fourth-order valence-corrected chi connectivity index (χ4v) is 2.64. The van der Waals surface area contributed by atoms with Gasteiger partial charge in [0, 0.05) is 36.1 Å². The van der Waals surface area contributed by atoms with Crippen molar-refractivity contribution in [1.29, 1.82) is 0 Å². The summed E-state index contributed by atoms with van der Waals surface area (Å²) in [6.07, 6.45) is 5.67. The van der Waals surface area contributed by atoms with Crippen LogP contribution < -0.4 is 10.1 Å². The molecule has 2 heterocycles. The lowest BCUT2D eigenvalue weighted by atomic mass is 10.1. The lowest BCUT2D eigenvalue weighted by Crippen LogP contribution is -2.33. The lowest BCUT2D eigenvalue weighted by Gasteiger charge is -2.21. The molecule has 0 aliphatic carbocycles. The minimum absolute atomic E-state index is 0.274. The smallest absolute Gasteiger partial charge is 0.118 e. The molecule has 126 valence electrons. The van der Waals surface area contributed by atoms with Gasteiger partial charge in [-0.25, -0.2) is 0 Å². The molecular weight excluding hydrogens is 302 g/mol. The van der Waals surface area contributed by atoms with Crippen LogP contribution in [0.4, 0.5) is 0 Å². The van der Waals surface area contributed by atoms with E-state index in [1.165, 1.54) is 0 Å². The van der Waals surface area contributed by atoms with Crippen LogP contribution in [0.15, 0.2) is 48.9 Å². The zero-order valence-corrected chi connectivity index (χ0v) is 14.2. The van der Waals surface area contributed by atoms with Crippen LogP contribution in [0.2, 0.25) is 0 Å². The molecule has 0 aliphatic heterocycles. The van der Waals surface area contributed by atoms with Crippen LogP contribution in [0.5, 0.6) is 5.75 Å². The average Bonchev–Trinajstić information content (AvgIpc) is 3.30. The number of rotatable bonds is 7. The normalized spacial score (nSPS) is 13.6. The molecule has 2 N–H and O–H groups in total. The summed E-state index contributed by atoms with van der Waals surface area (Å²) in [6.45, 7) is 5.06. The van der Waals surface area contributed by atoms with E-state index < -0.39 is 0 Å². The monoisotopic (exact) mass is 325 g/mol. The molecule has 0 radical (unpaired) electrons. The largest absolute Gasteiger partial charge is 0.497 e. The first-order valence-electron chi connectivity index (χ1n) is 8.08. The highest BCUT2D eigenvalue weighted by molar-refractivity contribution is 5.63. The average molecular weight is 325 g/mol. The van der Waals surface area contributed by atoms with Crippen molar-refractivity contribution in [3.05, 3.63) is 54.5 Å². The SMILES string of the molecule is COc1ccc(-c2[nH]ncc2CN[C@@H](C)[C@@H](C)n2cccn2)cc1. The quantitative estimate of drug-likeness (QED) is 0.701. The summed E-state index contributed by atoms with van der Waals surface area (Å²) >= 11 is 0. The molecule has 0 unspecified atom stereocenters. The van der Waals surface area contributed by atoms with E-state index in [9.17, 15) is 0 Å². The Hall–Kier alpha value is -2.60. The Kier molecular flexibility index (Phi) is 4.96. The van der Waals surface area contributed by atoms with Crippen LogP contribution in [-0.2, 0) is 6.54 Å². The summed E-state index contributed by atoms with van der Waals surface area (Å²) in [6, 6.07) is 10.5. The molecule has 0 aliphatic rings. The maximum Gasteiger partial charge on any atom is 0.118 e. The van der Waals surface area contributed by atoms with E-state index in [2.05, 4.69) is 34.5 Å². The molecule has 6 nitrogen and oxygen atoms in total. The number of hydrogen-bond donors (Lipinski definition) is 2. The fourth-order valence-electron chi connectivity index (χ4n) is 2.64. The second-order valence-corrected chi connectivity index (χ2v) is 5.89. The Balaban J connectivity index is 1.67. The van der Waals surface area contributed by atoms with Gasteiger partial charge in [0.05, 0.1) is 25.0 Å². The second kappa shape index (κ2) is 7.31. The number of aromatic amines is 1. The molecule has 2 aromatic heterocycles. The minimum Gasteiger partial charge on any atom is -0.497 e. The van der Waals surface area contributed by atoms with Gasteiger partial charge in [0.1, 0.15) is 5.75 Å². The van der Waals surface area contributed by atoms with Gasteiger partial charge >= 0.3 is 0 Å². The topological polar surface area (TPSA) is 67.8 Å². The van der Waals surface area contributed by atoms with E-state index in [-0.39, 0.29) is 12.1 Å². The summed E-state index contributed by atoms with van der Waals surface area (Å²) in [4.78, 5) is 0. The van der Waals surface area contributed by atoms with E-state index >= 15 is 0 Å². The Morgan fingerprint density at radius 2 is 2.04 bits per heavy atom. The predicted octanol–water partition coefficient (Wildman–Crippen LogP) is 3.02. The zero-order valence-electron chi connectivity index (χ0n) is 14.2. The second-order valence-electron chi connectivity index (χ2n) is 5.89. The van der Waals surface area contributed by atoms with E-state index in [0.717, 1.165) is 29.1 Å². The molecule has 0 spiro atoms. The molecule has 0 fully saturated rings. The van der Waals surface area contributed by atoms with Crippen LogP contribution in [0.1, 0.15) is 25.5 Å². The van der Waals surface area contributed by atoms with Crippen molar-refractivity contribution in [3.8, 4) is 17.0 Å². The molecule has 6 heteroatoms. The third-order valence-corrected chi connectivity index (χ3v) is 4.38. The third kappa shape index (κ3) is 3.49. The Morgan fingerprint density at radius 1 is 1.25 bits per heavy atom. The number of ether oxygens (including phenoxy) is 1. The zero-order chi connectivity index (χ0) is 16.9. The van der Waals surface area contributed by atoms with E-state index in [1.807, 2.05) is 47.4 Å². The molecule has 3 rings (SSSR count). The highest BCUT2D eigenvalue weighted by Gasteiger charge is 2.15. The standard InChI is InChI=1S/C18H23N5O/c1-13(14(2)23-10-4-9-21-23)19-11-16-12-20-22-18(16)15-5-7-17(24-3)8-6-15/h4-10,12-14,19H,11H2,1-3H3,(H,20,22)/t13-,14+/m0/s1.